The van der Waals surface area contributed by atoms with Gasteiger partial charge in [-0.15, -0.1) is 22.4 Å². The van der Waals surface area contributed by atoms with Crippen molar-refractivity contribution in [3.05, 3.63) is 90.5 Å². The minimum atomic E-state index is -4.97. The maximum absolute atomic E-state index is 14.8. The highest BCUT2D eigenvalue weighted by Crippen LogP contribution is 2.35. The smallest absolute Gasteiger partial charge is 0.493 e. The van der Waals surface area contributed by atoms with Gasteiger partial charge in [0, 0.05) is 17.2 Å². The summed E-state index contributed by atoms with van der Waals surface area (Å²) in [5, 5.41) is 26.1. The molecule has 0 aliphatic carbocycles. The van der Waals surface area contributed by atoms with Crippen molar-refractivity contribution in [1.82, 2.24) is 34.4 Å². The molecule has 236 valence electrons. The van der Waals surface area contributed by atoms with Crippen molar-refractivity contribution < 1.29 is 49.7 Å². The number of rotatable bonds is 11. The maximum atomic E-state index is 14.8. The lowest BCUT2D eigenvalue weighted by Gasteiger charge is -2.29. The predicted octanol–water partition coefficient (Wildman–Crippen LogP) is 3.32. The van der Waals surface area contributed by atoms with Crippen LogP contribution in [0.1, 0.15) is 5.56 Å². The van der Waals surface area contributed by atoms with E-state index < -0.39 is 50.9 Å². The van der Waals surface area contributed by atoms with Crippen LogP contribution in [0.5, 0.6) is 17.2 Å². The van der Waals surface area contributed by atoms with Gasteiger partial charge in [0.1, 0.15) is 42.2 Å². The molecule has 0 saturated heterocycles. The highest BCUT2D eigenvalue weighted by molar-refractivity contribution is 7.90. The molecule has 1 atom stereocenters. The summed E-state index contributed by atoms with van der Waals surface area (Å²) in [6, 6.07) is 10.1. The molecule has 0 spiro atoms. The molecule has 0 aliphatic rings. The first-order valence-electron chi connectivity index (χ1n) is 12.5. The molecule has 13 nitrogen and oxygen atoms in total. The van der Waals surface area contributed by atoms with Crippen LogP contribution in [-0.2, 0) is 22.2 Å². The second-order valence-corrected chi connectivity index (χ2v) is 11.0. The van der Waals surface area contributed by atoms with Gasteiger partial charge >= 0.3 is 6.36 Å². The van der Waals surface area contributed by atoms with Gasteiger partial charge in [-0.05, 0) is 59.0 Å². The van der Waals surface area contributed by atoms with Gasteiger partial charge in [-0.25, -0.2) is 18.4 Å². The first-order chi connectivity index (χ1) is 21.3. The minimum Gasteiger partial charge on any atom is -0.493 e. The third kappa shape index (κ3) is 6.83. The zero-order valence-corrected chi connectivity index (χ0v) is 23.6. The summed E-state index contributed by atoms with van der Waals surface area (Å²) in [4.78, 5) is 3.36. The van der Waals surface area contributed by atoms with Crippen LogP contribution >= 0.6 is 0 Å². The number of tetrazole rings is 1. The fraction of sp³-hybridized carbons (Fsp3) is 0.192. The van der Waals surface area contributed by atoms with Crippen LogP contribution in [0.2, 0.25) is 0 Å². The Hall–Kier alpha value is -5.17. The SMILES string of the molecule is COc1cc(-c2nnnn2S(=O)(=O)c2ccc(OC(F)(F)F)cc2)ccc1OCC(O)(Cn1cncn1)c1ccc(F)cc1F. The topological polar surface area (TPSA) is 156 Å². The standard InChI is InChI=1S/C26H20F5N7O6S/c1-42-23-10-16(24-34-35-36-38(24)45(40,41)19-6-4-18(5-7-19)44-26(29,30)31)2-9-22(23)43-13-25(39,12-37-15-32-14-33-37)20-8-3-17(27)11-21(20)28/h2-11,14-15,39H,12-13H2,1H3. The average Bonchev–Trinajstić information content (AvgIpc) is 3.68. The first kappa shape index (κ1) is 31.3. The van der Waals surface area contributed by atoms with E-state index in [2.05, 4.69) is 30.3 Å². The van der Waals surface area contributed by atoms with Crippen molar-refractivity contribution >= 4 is 10.0 Å². The lowest BCUT2D eigenvalue weighted by atomic mass is 9.94. The molecule has 19 heteroatoms. The van der Waals surface area contributed by atoms with Crippen molar-refractivity contribution in [2.24, 2.45) is 0 Å². The predicted molar refractivity (Wildman–Crippen MR) is 141 cm³/mol. The maximum Gasteiger partial charge on any atom is 0.573 e. The van der Waals surface area contributed by atoms with Gasteiger partial charge in [0.2, 0.25) is 0 Å². The number of hydrogen-bond acceptors (Lipinski definition) is 11. The van der Waals surface area contributed by atoms with Crippen molar-refractivity contribution in [1.29, 1.82) is 0 Å². The number of methoxy groups -OCH3 is 1. The number of hydrogen-bond donors (Lipinski definition) is 1. The van der Waals surface area contributed by atoms with Gasteiger partial charge in [0.05, 0.1) is 18.6 Å². The highest BCUT2D eigenvalue weighted by atomic mass is 32.2. The van der Waals surface area contributed by atoms with E-state index in [9.17, 15) is 35.5 Å². The van der Waals surface area contributed by atoms with E-state index in [1.807, 2.05) is 0 Å². The number of ether oxygens (including phenoxy) is 3. The molecule has 5 aromatic rings. The van der Waals surface area contributed by atoms with Gasteiger partial charge in [-0.1, -0.05) is 6.07 Å². The molecule has 0 bridgehead atoms. The normalized spacial score (nSPS) is 13.3. The number of halogens is 5. The number of nitrogens with zero attached hydrogens (tertiary/aromatic N) is 7. The summed E-state index contributed by atoms with van der Waals surface area (Å²) in [6.07, 6.45) is -2.48. The number of alkyl halides is 3. The molecular weight excluding hydrogens is 633 g/mol. The molecule has 0 amide bonds. The van der Waals surface area contributed by atoms with Crippen LogP contribution in [-0.4, -0.2) is 68.0 Å². The second-order valence-electron chi connectivity index (χ2n) is 9.27. The van der Waals surface area contributed by atoms with E-state index in [1.165, 1.54) is 42.6 Å². The largest absolute Gasteiger partial charge is 0.573 e. The van der Waals surface area contributed by atoms with Gasteiger partial charge in [0.15, 0.2) is 17.3 Å². The van der Waals surface area contributed by atoms with Crippen molar-refractivity contribution in [2.45, 2.75) is 23.4 Å². The molecule has 0 fully saturated rings. The Morgan fingerprint density at radius 1 is 0.978 bits per heavy atom. The van der Waals surface area contributed by atoms with E-state index in [1.54, 1.807) is 0 Å². The van der Waals surface area contributed by atoms with Gasteiger partial charge in [-0.3, -0.25) is 0 Å². The quantitative estimate of drug-likeness (QED) is 0.209. The van der Waals surface area contributed by atoms with Gasteiger partial charge in [0.25, 0.3) is 10.0 Å². The summed E-state index contributed by atoms with van der Waals surface area (Å²) in [5.74, 6) is -2.74. The van der Waals surface area contributed by atoms with Crippen molar-refractivity contribution in [3.8, 4) is 28.6 Å². The number of aliphatic hydroxyl groups is 1. The summed E-state index contributed by atoms with van der Waals surface area (Å²) < 4.78 is 109. The third-order valence-corrected chi connectivity index (χ3v) is 7.80. The highest BCUT2D eigenvalue weighted by Gasteiger charge is 2.35. The zero-order chi connectivity index (χ0) is 32.4. The Kier molecular flexibility index (Phi) is 8.39. The van der Waals surface area contributed by atoms with Crippen LogP contribution in [0.4, 0.5) is 22.0 Å². The molecule has 0 radical (unpaired) electrons. The molecule has 5 rings (SSSR count). The fourth-order valence-electron chi connectivity index (χ4n) is 4.20. The van der Waals surface area contributed by atoms with Crippen molar-refractivity contribution in [2.75, 3.05) is 13.7 Å². The van der Waals surface area contributed by atoms with E-state index in [-0.39, 0.29) is 35.0 Å². The van der Waals surface area contributed by atoms with Gasteiger partial charge in [-0.2, -0.15) is 13.5 Å². The van der Waals surface area contributed by atoms with Crippen LogP contribution < -0.4 is 14.2 Å². The fourth-order valence-corrected chi connectivity index (χ4v) is 5.38. The molecule has 2 aromatic heterocycles. The zero-order valence-electron chi connectivity index (χ0n) is 22.8. The Bertz CT molecular complexity index is 1900. The molecule has 45 heavy (non-hydrogen) atoms. The van der Waals surface area contributed by atoms with E-state index in [4.69, 9.17) is 9.47 Å². The Labute approximate surface area is 250 Å². The molecule has 1 unspecified atom stereocenters. The Balaban J connectivity index is 1.42. The lowest BCUT2D eigenvalue weighted by Crippen LogP contribution is -2.39. The lowest BCUT2D eigenvalue weighted by molar-refractivity contribution is -0.274. The molecule has 2 heterocycles. The van der Waals surface area contributed by atoms with E-state index >= 15 is 0 Å². The number of benzene rings is 3. The third-order valence-electron chi connectivity index (χ3n) is 6.24. The second kappa shape index (κ2) is 12.1. The van der Waals surface area contributed by atoms with Crippen LogP contribution in [0.3, 0.4) is 0 Å². The molecule has 1 N–H and O–H groups in total. The molecule has 0 aliphatic heterocycles. The van der Waals surface area contributed by atoms with Crippen LogP contribution in [0.25, 0.3) is 11.4 Å². The summed E-state index contributed by atoms with van der Waals surface area (Å²) in [5.41, 5.74) is -2.24. The molecular formula is C26H20F5N7O6S. The van der Waals surface area contributed by atoms with Crippen molar-refractivity contribution in [3.63, 3.8) is 0 Å². The number of aromatic nitrogens is 7. The monoisotopic (exact) mass is 653 g/mol. The summed E-state index contributed by atoms with van der Waals surface area (Å²) >= 11 is 0. The first-order valence-corrected chi connectivity index (χ1v) is 13.9. The summed E-state index contributed by atoms with van der Waals surface area (Å²) in [6.45, 7) is -0.906. The van der Waals surface area contributed by atoms with Gasteiger partial charge < -0.3 is 19.3 Å². The minimum absolute atomic E-state index is 0.0239. The Morgan fingerprint density at radius 2 is 1.73 bits per heavy atom. The Morgan fingerprint density at radius 3 is 2.38 bits per heavy atom. The summed E-state index contributed by atoms with van der Waals surface area (Å²) in [7, 11) is -3.22. The average molecular weight is 654 g/mol. The van der Waals surface area contributed by atoms with Crippen LogP contribution in [0, 0.1) is 11.6 Å². The molecule has 3 aromatic carbocycles. The van der Waals surface area contributed by atoms with E-state index in [0.717, 1.165) is 36.4 Å². The van der Waals surface area contributed by atoms with E-state index in [0.29, 0.717) is 10.2 Å². The van der Waals surface area contributed by atoms with Crippen LogP contribution in [0.15, 0.2) is 78.2 Å². The molecule has 0 saturated carbocycles.